The van der Waals surface area contributed by atoms with Crippen LogP contribution in [-0.2, 0) is 19.1 Å². The number of hydrogen-bond acceptors (Lipinski definition) is 4. The van der Waals surface area contributed by atoms with Gasteiger partial charge in [0.05, 0.1) is 12.9 Å². The Morgan fingerprint density at radius 1 is 1.33 bits per heavy atom. The summed E-state index contributed by atoms with van der Waals surface area (Å²) in [5.74, 6) is 0.358. The van der Waals surface area contributed by atoms with E-state index in [1.807, 2.05) is 18.2 Å². The molecule has 1 aliphatic carbocycles. The van der Waals surface area contributed by atoms with Crippen LogP contribution in [0.4, 0.5) is 0 Å². The number of ether oxygens (including phenoxy) is 2. The minimum absolute atomic E-state index is 0.124. The Morgan fingerprint density at radius 2 is 2.10 bits per heavy atom. The molecule has 0 bridgehead atoms. The summed E-state index contributed by atoms with van der Waals surface area (Å²) in [5, 5.41) is 2.91. The van der Waals surface area contributed by atoms with Crippen LogP contribution in [0.25, 0.3) is 0 Å². The molecular formula is C16H23NO4. The Bertz CT molecular complexity index is 447. The molecule has 116 valence electrons. The zero-order chi connectivity index (χ0) is 15.1. The van der Waals surface area contributed by atoms with Gasteiger partial charge in [-0.05, 0) is 25.0 Å². The molecule has 1 aliphatic heterocycles. The lowest BCUT2D eigenvalue weighted by Crippen LogP contribution is -2.56. The first-order chi connectivity index (χ1) is 10.2. The molecule has 0 saturated heterocycles. The molecule has 2 rings (SSSR count). The summed E-state index contributed by atoms with van der Waals surface area (Å²) >= 11 is 0. The number of rotatable bonds is 5. The van der Waals surface area contributed by atoms with Gasteiger partial charge in [0.1, 0.15) is 12.1 Å². The van der Waals surface area contributed by atoms with Gasteiger partial charge in [0, 0.05) is 12.8 Å². The van der Waals surface area contributed by atoms with Crippen LogP contribution >= 0.6 is 0 Å². The molecule has 0 aromatic rings. The van der Waals surface area contributed by atoms with Gasteiger partial charge < -0.3 is 14.8 Å². The number of esters is 1. The highest BCUT2D eigenvalue weighted by molar-refractivity contribution is 5.88. The summed E-state index contributed by atoms with van der Waals surface area (Å²) in [6, 6.07) is 0. The average Bonchev–Trinajstić information content (AvgIpc) is 2.54. The second kappa shape index (κ2) is 7.29. The molecule has 5 heteroatoms. The Hall–Kier alpha value is -1.78. The zero-order valence-electron chi connectivity index (χ0n) is 12.5. The fourth-order valence-corrected chi connectivity index (χ4v) is 2.89. The van der Waals surface area contributed by atoms with Gasteiger partial charge in [-0.2, -0.15) is 0 Å². The summed E-state index contributed by atoms with van der Waals surface area (Å²) in [4.78, 5) is 24.2. The number of allylic oxidation sites excluding steroid dienone is 3. The molecular weight excluding hydrogens is 270 g/mol. The standard InChI is InChI=1S/C16H23NO4/c1-20-15(19)16(10-4-2-5-11-16)17-14(18)9-8-13-7-3-6-12-21-13/h3,6-7H,2,4-5,8-12H2,1H3,(H,17,18). The van der Waals surface area contributed by atoms with E-state index in [1.54, 1.807) is 0 Å². The largest absolute Gasteiger partial charge is 0.494 e. The highest BCUT2D eigenvalue weighted by Gasteiger charge is 2.41. The van der Waals surface area contributed by atoms with Crippen molar-refractivity contribution in [1.29, 1.82) is 0 Å². The molecule has 0 atom stereocenters. The third-order valence-corrected chi connectivity index (χ3v) is 4.04. The average molecular weight is 293 g/mol. The number of amides is 1. The fourth-order valence-electron chi connectivity index (χ4n) is 2.89. The predicted octanol–water partition coefficient (Wildman–Crippen LogP) is 2.23. The third kappa shape index (κ3) is 4.09. The van der Waals surface area contributed by atoms with Gasteiger partial charge >= 0.3 is 5.97 Å². The van der Waals surface area contributed by atoms with Gasteiger partial charge in [-0.1, -0.05) is 25.3 Å². The van der Waals surface area contributed by atoms with Crippen molar-refractivity contribution in [3.05, 3.63) is 24.0 Å². The molecule has 21 heavy (non-hydrogen) atoms. The van der Waals surface area contributed by atoms with Crippen molar-refractivity contribution < 1.29 is 19.1 Å². The second-order valence-corrected chi connectivity index (χ2v) is 5.55. The Balaban J connectivity index is 1.90. The topological polar surface area (TPSA) is 64.6 Å². The Morgan fingerprint density at radius 3 is 2.71 bits per heavy atom. The second-order valence-electron chi connectivity index (χ2n) is 5.55. The lowest BCUT2D eigenvalue weighted by atomic mass is 9.81. The molecule has 0 unspecified atom stereocenters. The number of carbonyl (C=O) groups is 2. The smallest absolute Gasteiger partial charge is 0.331 e. The van der Waals surface area contributed by atoms with Crippen molar-refractivity contribution in [2.24, 2.45) is 0 Å². The van der Waals surface area contributed by atoms with Gasteiger partial charge in [-0.25, -0.2) is 4.79 Å². The van der Waals surface area contributed by atoms with E-state index in [4.69, 9.17) is 9.47 Å². The molecule has 1 fully saturated rings. The third-order valence-electron chi connectivity index (χ3n) is 4.04. The van der Waals surface area contributed by atoms with E-state index in [9.17, 15) is 9.59 Å². The van der Waals surface area contributed by atoms with E-state index in [0.29, 0.717) is 32.3 Å². The summed E-state index contributed by atoms with van der Waals surface area (Å²) in [7, 11) is 1.37. The lowest BCUT2D eigenvalue weighted by molar-refractivity contribution is -0.152. The monoisotopic (exact) mass is 293 g/mol. The number of carbonyl (C=O) groups excluding carboxylic acids is 2. The van der Waals surface area contributed by atoms with Gasteiger partial charge in [0.2, 0.25) is 5.91 Å². The molecule has 0 radical (unpaired) electrons. The van der Waals surface area contributed by atoms with E-state index < -0.39 is 5.54 Å². The van der Waals surface area contributed by atoms with E-state index in [0.717, 1.165) is 25.0 Å². The molecule has 1 saturated carbocycles. The van der Waals surface area contributed by atoms with Crippen LogP contribution in [0.5, 0.6) is 0 Å². The van der Waals surface area contributed by atoms with Crippen LogP contribution in [0.1, 0.15) is 44.9 Å². The summed E-state index contributed by atoms with van der Waals surface area (Å²) in [6.45, 7) is 0.555. The number of hydrogen-bond donors (Lipinski definition) is 1. The Kier molecular flexibility index (Phi) is 5.42. The van der Waals surface area contributed by atoms with Crippen LogP contribution in [-0.4, -0.2) is 31.1 Å². The highest BCUT2D eigenvalue weighted by atomic mass is 16.5. The summed E-state index contributed by atoms with van der Waals surface area (Å²) in [5.41, 5.74) is -0.828. The van der Waals surface area contributed by atoms with Gasteiger partial charge in [0.15, 0.2) is 0 Å². The van der Waals surface area contributed by atoms with Crippen molar-refractivity contribution in [2.75, 3.05) is 13.7 Å². The molecule has 0 spiro atoms. The maximum absolute atomic E-state index is 12.2. The minimum atomic E-state index is -0.828. The van der Waals surface area contributed by atoms with Crippen LogP contribution in [0, 0.1) is 0 Å². The molecule has 5 nitrogen and oxygen atoms in total. The van der Waals surface area contributed by atoms with Crippen LogP contribution in [0.3, 0.4) is 0 Å². The first kappa shape index (κ1) is 15.6. The maximum atomic E-state index is 12.2. The van der Waals surface area contributed by atoms with E-state index in [1.165, 1.54) is 7.11 Å². The Labute approximate surface area is 125 Å². The van der Waals surface area contributed by atoms with Crippen LogP contribution in [0.15, 0.2) is 24.0 Å². The van der Waals surface area contributed by atoms with Crippen molar-refractivity contribution in [3.8, 4) is 0 Å². The predicted molar refractivity (Wildman–Crippen MR) is 78.4 cm³/mol. The van der Waals surface area contributed by atoms with Crippen molar-refractivity contribution >= 4 is 11.9 Å². The van der Waals surface area contributed by atoms with Crippen LogP contribution in [0.2, 0.25) is 0 Å². The van der Waals surface area contributed by atoms with E-state index in [2.05, 4.69) is 5.32 Å². The summed E-state index contributed by atoms with van der Waals surface area (Å²) < 4.78 is 10.3. The van der Waals surface area contributed by atoms with Gasteiger partial charge in [0.25, 0.3) is 0 Å². The molecule has 1 heterocycles. The van der Waals surface area contributed by atoms with Crippen LogP contribution < -0.4 is 5.32 Å². The van der Waals surface area contributed by atoms with Gasteiger partial charge in [-0.3, -0.25) is 4.79 Å². The number of methoxy groups -OCH3 is 1. The minimum Gasteiger partial charge on any atom is -0.494 e. The normalized spacial score (nSPS) is 20.1. The zero-order valence-corrected chi connectivity index (χ0v) is 12.5. The molecule has 2 aliphatic rings. The van der Waals surface area contributed by atoms with Crippen molar-refractivity contribution in [2.45, 2.75) is 50.5 Å². The highest BCUT2D eigenvalue weighted by Crippen LogP contribution is 2.29. The van der Waals surface area contributed by atoms with Gasteiger partial charge in [-0.15, -0.1) is 0 Å². The molecule has 0 aromatic carbocycles. The van der Waals surface area contributed by atoms with Crippen molar-refractivity contribution in [3.63, 3.8) is 0 Å². The molecule has 1 N–H and O–H groups in total. The first-order valence-corrected chi connectivity index (χ1v) is 7.54. The number of nitrogens with one attached hydrogen (secondary N) is 1. The van der Waals surface area contributed by atoms with Crippen molar-refractivity contribution in [1.82, 2.24) is 5.32 Å². The fraction of sp³-hybridized carbons (Fsp3) is 0.625. The SMILES string of the molecule is COC(=O)C1(NC(=O)CCC2=CC=CCO2)CCCCC1. The maximum Gasteiger partial charge on any atom is 0.331 e. The van der Waals surface area contributed by atoms with E-state index >= 15 is 0 Å². The molecule has 1 amide bonds. The molecule has 0 aromatic heterocycles. The first-order valence-electron chi connectivity index (χ1n) is 7.54. The summed E-state index contributed by atoms with van der Waals surface area (Å²) in [6.07, 6.45) is 10.9. The quantitative estimate of drug-likeness (QED) is 0.789. The lowest BCUT2D eigenvalue weighted by Gasteiger charge is -2.35. The van der Waals surface area contributed by atoms with E-state index in [-0.39, 0.29) is 11.9 Å².